The van der Waals surface area contributed by atoms with Crippen molar-refractivity contribution in [3.8, 4) is 11.1 Å². The Labute approximate surface area is 135 Å². The van der Waals surface area contributed by atoms with Gasteiger partial charge < -0.3 is 13.6 Å². The van der Waals surface area contributed by atoms with E-state index in [-0.39, 0.29) is 0 Å². The maximum absolute atomic E-state index is 5.14. The topological polar surface area (TPSA) is 27.7 Å². The van der Waals surface area contributed by atoms with Gasteiger partial charge in [-0.2, -0.15) is 0 Å². The van der Waals surface area contributed by atoms with Crippen LogP contribution in [0.3, 0.4) is 0 Å². The zero-order valence-corrected chi connectivity index (χ0v) is 14.5. The molecule has 2 rings (SSSR count). The molecule has 2 aromatic rings. The standard InChI is InChI=1S/C12H10.C6H15O3P/c1-3-7-11(8-4-1)12-9-5-2-6-10-12;1-4-7-10(8-5-2)9-6-3/h1-10H;4-6H2,1-3H3. The normalized spacial score (nSPS) is 10.2. The summed E-state index contributed by atoms with van der Waals surface area (Å²) in [7, 11) is -1.06. The molecule has 0 saturated carbocycles. The quantitative estimate of drug-likeness (QED) is 0.615. The second-order valence-corrected chi connectivity index (χ2v) is 5.43. The summed E-state index contributed by atoms with van der Waals surface area (Å²) in [6.45, 7) is 7.71. The highest BCUT2D eigenvalue weighted by Gasteiger charge is 2.07. The van der Waals surface area contributed by atoms with Crippen LogP contribution in [0.1, 0.15) is 20.8 Å². The molecule has 0 unspecified atom stereocenters. The summed E-state index contributed by atoms with van der Waals surface area (Å²) in [5.41, 5.74) is 2.55. The summed E-state index contributed by atoms with van der Waals surface area (Å²) in [5, 5.41) is 0. The molecule has 4 heteroatoms. The number of hydrogen-bond acceptors (Lipinski definition) is 3. The predicted octanol–water partition coefficient (Wildman–Crippen LogP) is 5.68. The Hall–Kier alpha value is -1.25. The smallest absolute Gasteiger partial charge is 0.313 e. The molecule has 2 aromatic carbocycles. The first-order chi connectivity index (χ1) is 10.8. The van der Waals surface area contributed by atoms with Crippen molar-refractivity contribution in [2.24, 2.45) is 0 Å². The van der Waals surface area contributed by atoms with E-state index in [2.05, 4.69) is 48.5 Å². The van der Waals surface area contributed by atoms with Crippen molar-refractivity contribution in [2.45, 2.75) is 20.8 Å². The molecule has 0 fully saturated rings. The van der Waals surface area contributed by atoms with E-state index in [1.165, 1.54) is 11.1 Å². The molecule has 0 aliphatic heterocycles. The predicted molar refractivity (Wildman–Crippen MR) is 93.7 cm³/mol. The highest BCUT2D eigenvalue weighted by atomic mass is 31.2. The van der Waals surface area contributed by atoms with E-state index in [1.807, 2.05) is 32.9 Å². The highest BCUT2D eigenvalue weighted by molar-refractivity contribution is 7.41. The Morgan fingerprint density at radius 3 is 1.18 bits per heavy atom. The van der Waals surface area contributed by atoms with Gasteiger partial charge in [0.25, 0.3) is 0 Å². The molecule has 0 bridgehead atoms. The fourth-order valence-corrected chi connectivity index (χ4v) is 2.55. The molecular weight excluding hydrogens is 295 g/mol. The molecule has 0 atom stereocenters. The second-order valence-electron chi connectivity index (χ2n) is 4.21. The Bertz CT molecular complexity index is 424. The van der Waals surface area contributed by atoms with Gasteiger partial charge in [-0.1, -0.05) is 60.7 Å². The van der Waals surface area contributed by atoms with Crippen molar-refractivity contribution < 1.29 is 13.6 Å². The zero-order chi connectivity index (χ0) is 16.0. The van der Waals surface area contributed by atoms with Crippen LogP contribution in [-0.2, 0) is 13.6 Å². The summed E-state index contributed by atoms with van der Waals surface area (Å²) < 4.78 is 15.4. The van der Waals surface area contributed by atoms with Crippen LogP contribution in [-0.4, -0.2) is 19.8 Å². The van der Waals surface area contributed by atoms with Crippen LogP contribution in [0, 0.1) is 0 Å². The van der Waals surface area contributed by atoms with E-state index in [9.17, 15) is 0 Å². The van der Waals surface area contributed by atoms with Gasteiger partial charge in [0.05, 0.1) is 19.8 Å². The van der Waals surface area contributed by atoms with Gasteiger partial charge in [-0.25, -0.2) is 0 Å². The van der Waals surface area contributed by atoms with Crippen molar-refractivity contribution in [3.63, 3.8) is 0 Å². The molecule has 0 saturated heterocycles. The van der Waals surface area contributed by atoms with Gasteiger partial charge in [-0.3, -0.25) is 0 Å². The summed E-state index contributed by atoms with van der Waals surface area (Å²) in [6, 6.07) is 20.8. The van der Waals surface area contributed by atoms with E-state index in [0.717, 1.165) is 0 Å². The molecule has 0 aliphatic rings. The van der Waals surface area contributed by atoms with Gasteiger partial charge in [0.2, 0.25) is 0 Å². The molecule has 3 nitrogen and oxygen atoms in total. The zero-order valence-electron chi connectivity index (χ0n) is 13.6. The van der Waals surface area contributed by atoms with Crippen molar-refractivity contribution in [2.75, 3.05) is 19.8 Å². The van der Waals surface area contributed by atoms with Gasteiger partial charge in [0, 0.05) is 0 Å². The van der Waals surface area contributed by atoms with Gasteiger partial charge in [-0.15, -0.1) is 0 Å². The average molecular weight is 320 g/mol. The van der Waals surface area contributed by atoms with E-state index >= 15 is 0 Å². The molecule has 0 radical (unpaired) electrons. The highest BCUT2D eigenvalue weighted by Crippen LogP contribution is 2.38. The molecule has 120 valence electrons. The van der Waals surface area contributed by atoms with Crippen molar-refractivity contribution in [1.82, 2.24) is 0 Å². The largest absolute Gasteiger partial charge is 0.332 e. The lowest BCUT2D eigenvalue weighted by atomic mass is 10.1. The molecular formula is C18H25O3P. The van der Waals surface area contributed by atoms with E-state index < -0.39 is 8.60 Å². The fraction of sp³-hybridized carbons (Fsp3) is 0.333. The Kier molecular flexibility index (Phi) is 10.5. The summed E-state index contributed by atoms with van der Waals surface area (Å²) in [6.07, 6.45) is 0. The maximum Gasteiger partial charge on any atom is 0.332 e. The fourth-order valence-electron chi connectivity index (χ4n) is 1.69. The van der Waals surface area contributed by atoms with Crippen LogP contribution in [0.2, 0.25) is 0 Å². The minimum Gasteiger partial charge on any atom is -0.313 e. The number of hydrogen-bond donors (Lipinski definition) is 0. The average Bonchev–Trinajstić information content (AvgIpc) is 2.58. The molecule has 0 heterocycles. The lowest BCUT2D eigenvalue weighted by Crippen LogP contribution is -1.94. The molecule has 0 amide bonds. The van der Waals surface area contributed by atoms with Crippen LogP contribution in [0.25, 0.3) is 11.1 Å². The molecule has 22 heavy (non-hydrogen) atoms. The lowest BCUT2D eigenvalue weighted by Gasteiger charge is -2.12. The maximum atomic E-state index is 5.14. The third-order valence-electron chi connectivity index (χ3n) is 2.58. The van der Waals surface area contributed by atoms with Crippen molar-refractivity contribution in [1.29, 1.82) is 0 Å². The Morgan fingerprint density at radius 2 is 0.909 bits per heavy atom. The van der Waals surface area contributed by atoms with Crippen LogP contribution in [0.4, 0.5) is 0 Å². The minimum absolute atomic E-state index is 0.645. The van der Waals surface area contributed by atoms with Crippen LogP contribution in [0.15, 0.2) is 60.7 Å². The molecule has 0 spiro atoms. The second kappa shape index (κ2) is 12.3. The Morgan fingerprint density at radius 1 is 0.591 bits per heavy atom. The van der Waals surface area contributed by atoms with Crippen molar-refractivity contribution in [3.05, 3.63) is 60.7 Å². The molecule has 0 N–H and O–H groups in total. The van der Waals surface area contributed by atoms with Gasteiger partial charge in [-0.05, 0) is 31.9 Å². The first-order valence-corrected chi connectivity index (χ1v) is 8.70. The number of benzene rings is 2. The van der Waals surface area contributed by atoms with E-state index in [1.54, 1.807) is 0 Å². The summed E-state index contributed by atoms with van der Waals surface area (Å²) >= 11 is 0. The third-order valence-corrected chi connectivity index (χ3v) is 3.99. The van der Waals surface area contributed by atoms with Gasteiger partial charge in [0.1, 0.15) is 0 Å². The number of rotatable bonds is 7. The Balaban J connectivity index is 0.000000225. The third kappa shape index (κ3) is 7.67. The van der Waals surface area contributed by atoms with E-state index in [4.69, 9.17) is 13.6 Å². The first kappa shape index (κ1) is 18.8. The monoisotopic (exact) mass is 320 g/mol. The van der Waals surface area contributed by atoms with Crippen LogP contribution < -0.4 is 0 Å². The lowest BCUT2D eigenvalue weighted by molar-refractivity contribution is 0.176. The minimum atomic E-state index is -1.06. The van der Waals surface area contributed by atoms with Crippen LogP contribution >= 0.6 is 8.60 Å². The SMILES string of the molecule is CCOP(OCC)OCC.c1ccc(-c2ccccc2)cc1. The molecule has 0 aliphatic carbocycles. The molecule has 0 aromatic heterocycles. The van der Waals surface area contributed by atoms with E-state index in [0.29, 0.717) is 19.8 Å². The summed E-state index contributed by atoms with van der Waals surface area (Å²) in [5.74, 6) is 0. The first-order valence-electron chi connectivity index (χ1n) is 7.61. The van der Waals surface area contributed by atoms with Gasteiger partial charge in [0.15, 0.2) is 0 Å². The van der Waals surface area contributed by atoms with Crippen LogP contribution in [0.5, 0.6) is 0 Å². The van der Waals surface area contributed by atoms with Crippen molar-refractivity contribution >= 4 is 8.60 Å². The summed E-state index contributed by atoms with van der Waals surface area (Å²) in [4.78, 5) is 0. The van der Waals surface area contributed by atoms with Gasteiger partial charge >= 0.3 is 8.60 Å².